The van der Waals surface area contributed by atoms with Crippen molar-refractivity contribution >= 4 is 11.8 Å². The molecular weight excluding hydrogens is 397 g/mol. The Morgan fingerprint density at radius 1 is 1.21 bits per heavy atom. The lowest BCUT2D eigenvalue weighted by molar-refractivity contribution is 0.0687. The third-order valence-corrected chi connectivity index (χ3v) is 4.25. The summed E-state index contributed by atoms with van der Waals surface area (Å²) >= 11 is 0. The van der Waals surface area contributed by atoms with Gasteiger partial charge in [0.2, 0.25) is 5.43 Å². The summed E-state index contributed by atoms with van der Waals surface area (Å²) in [5.41, 5.74) is -0.149. The first-order valence-electron chi connectivity index (χ1n) is 8.28. The van der Waals surface area contributed by atoms with E-state index in [9.17, 15) is 32.7 Å². The van der Waals surface area contributed by atoms with Crippen LogP contribution < -0.4 is 16.2 Å². The van der Waals surface area contributed by atoms with Crippen molar-refractivity contribution in [3.63, 3.8) is 0 Å². The Kier molecular flexibility index (Phi) is 5.46. The number of nitrogens with zero attached hydrogens (tertiary/aromatic N) is 2. The van der Waals surface area contributed by atoms with E-state index in [-0.39, 0.29) is 19.8 Å². The van der Waals surface area contributed by atoms with Crippen molar-refractivity contribution in [3.8, 4) is 5.75 Å². The summed E-state index contributed by atoms with van der Waals surface area (Å²) < 4.78 is 41.3. The standard InChI is InChI=1S/C17H15F3N4O5/c18-8-3-11(19)9(12(20)4-8)5-21-16(28)10-6-24-13(15(27)14(10)26)17(29)23(1-2-25)7-22-24/h3-4,6,22,25,27H,1-2,5,7H2,(H,21,28). The fraction of sp³-hybridized carbons (Fsp3) is 0.235. The molecule has 12 heteroatoms. The Morgan fingerprint density at radius 3 is 2.48 bits per heavy atom. The van der Waals surface area contributed by atoms with Crippen LogP contribution in [0.4, 0.5) is 13.2 Å². The van der Waals surface area contributed by atoms with E-state index in [0.29, 0.717) is 12.1 Å². The number of aliphatic hydroxyl groups is 1. The minimum atomic E-state index is -1.22. The van der Waals surface area contributed by atoms with E-state index in [1.165, 1.54) is 0 Å². The van der Waals surface area contributed by atoms with E-state index in [0.717, 1.165) is 15.8 Å². The lowest BCUT2D eigenvalue weighted by Gasteiger charge is -2.31. The van der Waals surface area contributed by atoms with Gasteiger partial charge in [0.15, 0.2) is 11.4 Å². The molecule has 154 valence electrons. The predicted octanol–water partition coefficient (Wildman–Crippen LogP) is -0.150. The number of amides is 2. The van der Waals surface area contributed by atoms with Crippen LogP contribution in [0.15, 0.2) is 23.1 Å². The van der Waals surface area contributed by atoms with Crippen LogP contribution in [0.1, 0.15) is 26.4 Å². The van der Waals surface area contributed by atoms with Gasteiger partial charge in [-0.3, -0.25) is 19.1 Å². The first kappa shape index (κ1) is 20.2. The molecule has 3 rings (SSSR count). The van der Waals surface area contributed by atoms with Gasteiger partial charge in [-0.2, -0.15) is 0 Å². The van der Waals surface area contributed by atoms with Crippen LogP contribution in [0.5, 0.6) is 5.75 Å². The monoisotopic (exact) mass is 412 g/mol. The number of nitrogens with one attached hydrogen (secondary N) is 2. The molecule has 1 aliphatic rings. The van der Waals surface area contributed by atoms with Crippen molar-refractivity contribution in [2.75, 3.05) is 25.2 Å². The van der Waals surface area contributed by atoms with Crippen LogP contribution in [0.25, 0.3) is 0 Å². The van der Waals surface area contributed by atoms with Crippen LogP contribution in [-0.4, -0.2) is 51.4 Å². The number of carbonyl (C=O) groups is 2. The summed E-state index contributed by atoms with van der Waals surface area (Å²) in [6, 6.07) is 0.885. The van der Waals surface area contributed by atoms with Crippen molar-refractivity contribution in [1.82, 2.24) is 14.9 Å². The number of aromatic hydroxyl groups is 1. The second kappa shape index (κ2) is 7.83. The topological polar surface area (TPSA) is 124 Å². The van der Waals surface area contributed by atoms with Gasteiger partial charge < -0.3 is 25.9 Å². The van der Waals surface area contributed by atoms with Gasteiger partial charge in [-0.25, -0.2) is 13.2 Å². The number of benzene rings is 1. The van der Waals surface area contributed by atoms with E-state index < -0.39 is 63.8 Å². The molecule has 0 spiro atoms. The molecule has 1 aromatic carbocycles. The molecule has 0 aliphatic carbocycles. The minimum absolute atomic E-state index is 0.0451. The lowest BCUT2D eigenvalue weighted by atomic mass is 10.1. The highest BCUT2D eigenvalue weighted by atomic mass is 19.1. The molecule has 4 N–H and O–H groups in total. The zero-order valence-electron chi connectivity index (χ0n) is 14.7. The quantitative estimate of drug-likeness (QED) is 0.542. The first-order chi connectivity index (χ1) is 13.7. The molecular formula is C17H15F3N4O5. The van der Waals surface area contributed by atoms with Crippen molar-refractivity contribution in [1.29, 1.82) is 0 Å². The molecule has 1 aliphatic heterocycles. The Morgan fingerprint density at radius 2 is 1.86 bits per heavy atom. The van der Waals surface area contributed by atoms with Crippen LogP contribution in [0, 0.1) is 17.5 Å². The van der Waals surface area contributed by atoms with Crippen molar-refractivity contribution in [3.05, 3.63) is 62.8 Å². The molecule has 29 heavy (non-hydrogen) atoms. The zero-order valence-corrected chi connectivity index (χ0v) is 14.7. The summed E-state index contributed by atoms with van der Waals surface area (Å²) in [5, 5.41) is 21.2. The molecule has 9 nitrogen and oxygen atoms in total. The van der Waals surface area contributed by atoms with Crippen molar-refractivity contribution in [2.24, 2.45) is 0 Å². The van der Waals surface area contributed by atoms with E-state index >= 15 is 0 Å². The van der Waals surface area contributed by atoms with Gasteiger partial charge in [-0.1, -0.05) is 0 Å². The number of carbonyl (C=O) groups excluding carboxylic acids is 2. The summed E-state index contributed by atoms with van der Waals surface area (Å²) in [5.74, 6) is -6.38. The fourth-order valence-electron chi connectivity index (χ4n) is 2.78. The highest BCUT2D eigenvalue weighted by molar-refractivity contribution is 5.99. The third kappa shape index (κ3) is 3.74. The van der Waals surface area contributed by atoms with E-state index in [2.05, 4.69) is 10.7 Å². The highest BCUT2D eigenvalue weighted by Gasteiger charge is 2.30. The normalized spacial score (nSPS) is 13.1. The smallest absolute Gasteiger partial charge is 0.277 e. The number of fused-ring (bicyclic) bond motifs is 1. The lowest BCUT2D eigenvalue weighted by Crippen LogP contribution is -2.48. The molecule has 0 saturated heterocycles. The maximum atomic E-state index is 13.7. The summed E-state index contributed by atoms with van der Waals surface area (Å²) in [6.07, 6.45) is 0.957. The first-order valence-corrected chi connectivity index (χ1v) is 8.28. The van der Waals surface area contributed by atoms with Gasteiger partial charge in [-0.15, -0.1) is 0 Å². The van der Waals surface area contributed by atoms with Gasteiger partial charge in [0.05, 0.1) is 6.61 Å². The molecule has 2 heterocycles. The zero-order chi connectivity index (χ0) is 21.3. The number of halogens is 3. The number of hydrogen-bond donors (Lipinski definition) is 4. The average Bonchev–Trinajstić information content (AvgIpc) is 2.65. The van der Waals surface area contributed by atoms with E-state index in [1.807, 2.05) is 0 Å². The summed E-state index contributed by atoms with van der Waals surface area (Å²) in [7, 11) is 0. The SMILES string of the molecule is O=C(NCc1c(F)cc(F)cc1F)c1cn2c(c(O)c1=O)C(=O)N(CCO)CN2. The minimum Gasteiger partial charge on any atom is -0.502 e. The Hall–Kier alpha value is -3.54. The predicted molar refractivity (Wildman–Crippen MR) is 92.2 cm³/mol. The number of aliphatic hydroxyl groups excluding tert-OH is 1. The number of aromatic nitrogens is 1. The number of β-amino-alcohol motifs (C(OH)–C–C–N with tert-alkyl or cyclic N) is 1. The average molecular weight is 412 g/mol. The fourth-order valence-corrected chi connectivity index (χ4v) is 2.78. The molecule has 0 bridgehead atoms. The van der Waals surface area contributed by atoms with E-state index in [1.54, 1.807) is 0 Å². The maximum absolute atomic E-state index is 13.7. The second-order valence-corrected chi connectivity index (χ2v) is 6.08. The molecule has 0 unspecified atom stereocenters. The largest absolute Gasteiger partial charge is 0.502 e. The van der Waals surface area contributed by atoms with Gasteiger partial charge in [0, 0.05) is 37.0 Å². The van der Waals surface area contributed by atoms with Gasteiger partial charge in [0.25, 0.3) is 11.8 Å². The Bertz CT molecular complexity index is 1030. The van der Waals surface area contributed by atoms with Crippen molar-refractivity contribution in [2.45, 2.75) is 6.54 Å². The molecule has 1 aromatic heterocycles. The van der Waals surface area contributed by atoms with Gasteiger partial charge in [0.1, 0.15) is 29.7 Å². The third-order valence-electron chi connectivity index (χ3n) is 4.25. The number of rotatable bonds is 5. The Labute approximate surface area is 161 Å². The van der Waals surface area contributed by atoms with Gasteiger partial charge in [-0.05, 0) is 0 Å². The van der Waals surface area contributed by atoms with Crippen LogP contribution in [-0.2, 0) is 6.54 Å². The molecule has 0 fully saturated rings. The summed E-state index contributed by atoms with van der Waals surface area (Å²) in [4.78, 5) is 38.1. The second-order valence-electron chi connectivity index (χ2n) is 6.08. The molecule has 0 atom stereocenters. The molecule has 0 radical (unpaired) electrons. The van der Waals surface area contributed by atoms with E-state index in [4.69, 9.17) is 5.11 Å². The van der Waals surface area contributed by atoms with Crippen LogP contribution in [0.3, 0.4) is 0 Å². The summed E-state index contributed by atoms with van der Waals surface area (Å²) in [6.45, 7) is -1.14. The van der Waals surface area contributed by atoms with Crippen LogP contribution in [0.2, 0.25) is 0 Å². The molecule has 0 saturated carbocycles. The number of hydrogen-bond acceptors (Lipinski definition) is 6. The van der Waals surface area contributed by atoms with Crippen molar-refractivity contribution < 1.29 is 33.0 Å². The molecule has 2 amide bonds. The van der Waals surface area contributed by atoms with Gasteiger partial charge >= 0.3 is 0 Å². The maximum Gasteiger partial charge on any atom is 0.277 e. The number of pyridine rings is 1. The van der Waals surface area contributed by atoms with Crippen LogP contribution >= 0.6 is 0 Å². The molecule has 2 aromatic rings. The Balaban J connectivity index is 1.87. The highest BCUT2D eigenvalue weighted by Crippen LogP contribution is 2.19.